The van der Waals surface area contributed by atoms with E-state index in [1.807, 2.05) is 0 Å². The molecule has 5 nitrogen and oxygen atoms in total. The quantitative estimate of drug-likeness (QED) is 0.732. The Morgan fingerprint density at radius 3 is 2.69 bits per heavy atom. The molecule has 1 fully saturated rings. The van der Waals surface area contributed by atoms with Crippen molar-refractivity contribution < 1.29 is 9.59 Å². The molecular formula is C9H18ClN3O2S. The molecule has 0 bridgehead atoms. The van der Waals surface area contributed by atoms with Crippen LogP contribution in [0.3, 0.4) is 0 Å². The maximum absolute atomic E-state index is 11.5. The van der Waals surface area contributed by atoms with Crippen LogP contribution in [0.15, 0.2) is 0 Å². The summed E-state index contributed by atoms with van der Waals surface area (Å²) in [5.41, 5.74) is 0. The normalized spacial score (nSPS) is 18.8. The van der Waals surface area contributed by atoms with E-state index in [0.29, 0.717) is 13.0 Å². The van der Waals surface area contributed by atoms with E-state index in [2.05, 4.69) is 10.6 Å². The maximum atomic E-state index is 11.5. The smallest absolute Gasteiger partial charge is 0.238 e. The fraction of sp³-hybridized carbons (Fsp3) is 0.778. The molecule has 1 saturated heterocycles. The Hall–Kier alpha value is -0.460. The second-order valence-corrected chi connectivity index (χ2v) is 4.63. The number of halogens is 1. The Morgan fingerprint density at radius 2 is 2.19 bits per heavy atom. The standard InChI is InChI=1S/C9H17N3O2S.ClH/c1-12(2)8(13)3-4-10-9(14)7-5-15-6-11-7;/h7,11H,3-6H2,1-2H3,(H,10,14);1H. The molecule has 0 aromatic heterocycles. The Kier molecular flexibility index (Phi) is 7.53. The van der Waals surface area contributed by atoms with Crippen LogP contribution in [0.2, 0.25) is 0 Å². The van der Waals surface area contributed by atoms with Crippen molar-refractivity contribution in [3.8, 4) is 0 Å². The molecule has 0 spiro atoms. The summed E-state index contributed by atoms with van der Waals surface area (Å²) in [6.45, 7) is 0.415. The molecule has 0 aliphatic carbocycles. The van der Waals surface area contributed by atoms with E-state index < -0.39 is 0 Å². The molecule has 1 rings (SSSR count). The lowest BCUT2D eigenvalue weighted by Crippen LogP contribution is -2.43. The predicted molar refractivity (Wildman–Crippen MR) is 67.8 cm³/mol. The predicted octanol–water partition coefficient (Wildman–Crippen LogP) is -0.335. The van der Waals surface area contributed by atoms with Gasteiger partial charge in [-0.15, -0.1) is 24.2 Å². The summed E-state index contributed by atoms with van der Waals surface area (Å²) in [4.78, 5) is 24.2. The number of hydrogen-bond donors (Lipinski definition) is 2. The minimum absolute atomic E-state index is 0. The first-order valence-corrected chi connectivity index (χ1v) is 6.05. The third-order valence-electron chi connectivity index (χ3n) is 2.17. The van der Waals surface area contributed by atoms with Gasteiger partial charge in [0.15, 0.2) is 0 Å². The van der Waals surface area contributed by atoms with E-state index in [4.69, 9.17) is 0 Å². The summed E-state index contributed by atoms with van der Waals surface area (Å²) in [6.07, 6.45) is 0.360. The lowest BCUT2D eigenvalue weighted by Gasteiger charge is -2.12. The molecule has 7 heteroatoms. The van der Waals surface area contributed by atoms with Crippen molar-refractivity contribution in [1.29, 1.82) is 0 Å². The van der Waals surface area contributed by atoms with Crippen molar-refractivity contribution in [2.75, 3.05) is 32.3 Å². The summed E-state index contributed by atoms with van der Waals surface area (Å²) in [5, 5.41) is 5.82. The van der Waals surface area contributed by atoms with Gasteiger partial charge in [-0.05, 0) is 0 Å². The van der Waals surface area contributed by atoms with E-state index in [-0.39, 0.29) is 30.3 Å². The molecule has 16 heavy (non-hydrogen) atoms. The highest BCUT2D eigenvalue weighted by atomic mass is 35.5. The maximum Gasteiger partial charge on any atom is 0.238 e. The molecule has 2 N–H and O–H groups in total. The minimum Gasteiger partial charge on any atom is -0.354 e. The zero-order valence-corrected chi connectivity index (χ0v) is 11.1. The third kappa shape index (κ3) is 5.05. The Bertz CT molecular complexity index is 245. The number of carbonyl (C=O) groups excluding carboxylic acids is 2. The van der Waals surface area contributed by atoms with Crippen molar-refractivity contribution in [2.45, 2.75) is 12.5 Å². The van der Waals surface area contributed by atoms with Crippen LogP contribution in [-0.4, -0.2) is 55.0 Å². The molecule has 1 unspecified atom stereocenters. The van der Waals surface area contributed by atoms with Gasteiger partial charge in [0.2, 0.25) is 11.8 Å². The van der Waals surface area contributed by atoms with Gasteiger partial charge in [0, 0.05) is 38.7 Å². The van der Waals surface area contributed by atoms with Crippen molar-refractivity contribution in [3.05, 3.63) is 0 Å². The molecule has 0 saturated carbocycles. The van der Waals surface area contributed by atoms with Crippen molar-refractivity contribution in [1.82, 2.24) is 15.5 Å². The fourth-order valence-corrected chi connectivity index (χ4v) is 2.14. The minimum atomic E-state index is -0.0931. The number of nitrogens with zero attached hydrogens (tertiary/aromatic N) is 1. The zero-order chi connectivity index (χ0) is 11.3. The van der Waals surface area contributed by atoms with E-state index in [0.717, 1.165) is 11.6 Å². The highest BCUT2D eigenvalue weighted by Gasteiger charge is 2.21. The second-order valence-electron chi connectivity index (χ2n) is 3.60. The van der Waals surface area contributed by atoms with Crippen molar-refractivity contribution in [2.24, 2.45) is 0 Å². The first-order valence-electron chi connectivity index (χ1n) is 4.90. The SMILES string of the molecule is CN(C)C(=O)CCNC(=O)C1CSCN1.Cl. The molecule has 1 aliphatic heterocycles. The Morgan fingerprint density at radius 1 is 1.50 bits per heavy atom. The Labute approximate surface area is 106 Å². The molecule has 94 valence electrons. The van der Waals surface area contributed by atoms with Crippen LogP contribution in [0.4, 0.5) is 0 Å². The molecule has 1 atom stereocenters. The molecular weight excluding hydrogens is 250 g/mol. The first kappa shape index (κ1) is 15.5. The number of thioether (sulfide) groups is 1. The van der Waals surface area contributed by atoms with Crippen LogP contribution in [-0.2, 0) is 9.59 Å². The van der Waals surface area contributed by atoms with E-state index in [1.165, 1.54) is 4.90 Å². The topological polar surface area (TPSA) is 61.4 Å². The molecule has 2 amide bonds. The van der Waals surface area contributed by atoms with Crippen molar-refractivity contribution in [3.63, 3.8) is 0 Å². The van der Waals surface area contributed by atoms with Gasteiger partial charge in [-0.2, -0.15) is 0 Å². The largest absolute Gasteiger partial charge is 0.354 e. The van der Waals surface area contributed by atoms with Crippen LogP contribution < -0.4 is 10.6 Å². The average molecular weight is 268 g/mol. The summed E-state index contributed by atoms with van der Waals surface area (Å²) in [7, 11) is 3.42. The summed E-state index contributed by atoms with van der Waals surface area (Å²) < 4.78 is 0. The first-order chi connectivity index (χ1) is 7.11. The fourth-order valence-electron chi connectivity index (χ4n) is 1.20. The number of carbonyl (C=O) groups is 2. The van der Waals surface area contributed by atoms with Crippen LogP contribution >= 0.6 is 24.2 Å². The number of nitrogens with one attached hydrogen (secondary N) is 2. The number of rotatable bonds is 4. The molecule has 0 radical (unpaired) electrons. The van der Waals surface area contributed by atoms with Gasteiger partial charge in [0.1, 0.15) is 0 Å². The van der Waals surface area contributed by atoms with Crippen LogP contribution in [0.5, 0.6) is 0 Å². The monoisotopic (exact) mass is 267 g/mol. The van der Waals surface area contributed by atoms with Gasteiger partial charge in [-0.1, -0.05) is 0 Å². The van der Waals surface area contributed by atoms with Crippen molar-refractivity contribution >= 4 is 36.0 Å². The van der Waals surface area contributed by atoms with E-state index >= 15 is 0 Å². The average Bonchev–Trinajstić information content (AvgIpc) is 2.70. The van der Waals surface area contributed by atoms with Gasteiger partial charge >= 0.3 is 0 Å². The van der Waals surface area contributed by atoms with Gasteiger partial charge in [0.05, 0.1) is 6.04 Å². The lowest BCUT2D eigenvalue weighted by atomic mass is 10.3. The molecule has 1 heterocycles. The highest BCUT2D eigenvalue weighted by Crippen LogP contribution is 2.09. The van der Waals surface area contributed by atoms with Gasteiger partial charge in [-0.25, -0.2) is 0 Å². The summed E-state index contributed by atoms with van der Waals surface area (Å²) in [5.74, 6) is 1.66. The molecule has 0 aromatic carbocycles. The zero-order valence-electron chi connectivity index (χ0n) is 9.49. The summed E-state index contributed by atoms with van der Waals surface area (Å²) in [6, 6.07) is -0.0931. The van der Waals surface area contributed by atoms with Gasteiger partial charge in [0.25, 0.3) is 0 Å². The van der Waals surface area contributed by atoms with E-state index in [9.17, 15) is 9.59 Å². The Balaban J connectivity index is 0.00000225. The molecule has 0 aromatic rings. The van der Waals surface area contributed by atoms with E-state index in [1.54, 1.807) is 25.9 Å². The second kappa shape index (κ2) is 7.76. The third-order valence-corrected chi connectivity index (χ3v) is 3.11. The summed E-state index contributed by atoms with van der Waals surface area (Å²) >= 11 is 1.71. The molecule has 1 aliphatic rings. The van der Waals surface area contributed by atoms with Gasteiger partial charge < -0.3 is 10.2 Å². The van der Waals surface area contributed by atoms with Crippen LogP contribution in [0.25, 0.3) is 0 Å². The van der Waals surface area contributed by atoms with Crippen LogP contribution in [0, 0.1) is 0 Å². The lowest BCUT2D eigenvalue weighted by molar-refractivity contribution is -0.128. The van der Waals surface area contributed by atoms with Gasteiger partial charge in [-0.3, -0.25) is 14.9 Å². The van der Waals surface area contributed by atoms with Crippen LogP contribution in [0.1, 0.15) is 6.42 Å². The number of hydrogen-bond acceptors (Lipinski definition) is 4. The number of amides is 2. The highest BCUT2D eigenvalue weighted by molar-refractivity contribution is 7.99.